The smallest absolute Gasteiger partial charge is 0.269 e. The van der Waals surface area contributed by atoms with Crippen molar-refractivity contribution < 1.29 is 9.72 Å². The Balaban J connectivity index is 1.47. The number of rotatable bonds is 3. The number of piperidine rings is 1. The molecule has 1 N–H and O–H groups in total. The standard InChI is InChI=1S/C24H25N3O3/c28-24(26-12-2-1-3-13-26)17-10-11-22-21(15-17)19-8-5-9-20(19)23(25-22)16-6-4-7-18(14-16)27(29)30/h4-8,10-11,14-15,19-20,23,25H,1-3,9,12-13H2/t19-,20-,23-/m1/s1. The van der Waals surface area contributed by atoms with Crippen molar-refractivity contribution in [2.24, 2.45) is 5.92 Å². The van der Waals surface area contributed by atoms with Gasteiger partial charge in [-0.3, -0.25) is 14.9 Å². The number of hydrogen-bond acceptors (Lipinski definition) is 4. The SMILES string of the molecule is O=C(c1ccc2c(c1)[C@@H]1C=CC[C@H]1[C@@H](c1cccc([N+](=O)[O-])c1)N2)N1CCCCC1. The fourth-order valence-electron chi connectivity index (χ4n) is 5.17. The van der Waals surface area contributed by atoms with Gasteiger partial charge in [0.2, 0.25) is 0 Å². The number of benzene rings is 2. The molecule has 1 fully saturated rings. The molecule has 0 radical (unpaired) electrons. The molecule has 3 atom stereocenters. The Morgan fingerprint density at radius 3 is 2.73 bits per heavy atom. The number of non-ortho nitro benzene ring substituents is 1. The fourth-order valence-corrected chi connectivity index (χ4v) is 5.17. The average Bonchev–Trinajstić information content (AvgIpc) is 3.29. The van der Waals surface area contributed by atoms with E-state index in [1.54, 1.807) is 12.1 Å². The van der Waals surface area contributed by atoms with Crippen LogP contribution in [0.4, 0.5) is 11.4 Å². The van der Waals surface area contributed by atoms with Gasteiger partial charge in [0.25, 0.3) is 11.6 Å². The zero-order chi connectivity index (χ0) is 20.7. The highest BCUT2D eigenvalue weighted by atomic mass is 16.6. The van der Waals surface area contributed by atoms with Crippen LogP contribution < -0.4 is 5.32 Å². The zero-order valence-corrected chi connectivity index (χ0v) is 16.8. The molecule has 1 aliphatic carbocycles. The second kappa shape index (κ2) is 7.59. The third kappa shape index (κ3) is 3.26. The number of amides is 1. The minimum absolute atomic E-state index is 0.000969. The van der Waals surface area contributed by atoms with Crippen molar-refractivity contribution in [1.29, 1.82) is 0 Å². The molecule has 2 aromatic carbocycles. The molecule has 154 valence electrons. The van der Waals surface area contributed by atoms with Gasteiger partial charge >= 0.3 is 0 Å². The Morgan fingerprint density at radius 1 is 1.10 bits per heavy atom. The lowest BCUT2D eigenvalue weighted by atomic mass is 9.76. The van der Waals surface area contributed by atoms with Crippen molar-refractivity contribution in [2.75, 3.05) is 18.4 Å². The Hall–Kier alpha value is -3.15. The van der Waals surface area contributed by atoms with Crippen LogP contribution in [0.1, 0.15) is 59.1 Å². The quantitative estimate of drug-likeness (QED) is 0.442. The monoisotopic (exact) mass is 403 g/mol. The molecule has 3 aliphatic rings. The number of nitro groups is 1. The number of anilines is 1. The molecule has 2 heterocycles. The number of carbonyl (C=O) groups is 1. The molecule has 0 bridgehead atoms. The van der Waals surface area contributed by atoms with Crippen molar-refractivity contribution >= 4 is 17.3 Å². The number of nitrogens with zero attached hydrogens (tertiary/aromatic N) is 2. The maximum absolute atomic E-state index is 13.0. The van der Waals surface area contributed by atoms with Gasteiger partial charge in [-0.2, -0.15) is 0 Å². The Kier molecular flexibility index (Phi) is 4.77. The van der Waals surface area contributed by atoms with E-state index in [1.165, 1.54) is 12.5 Å². The fraction of sp³-hybridized carbons (Fsp3) is 0.375. The molecule has 0 saturated carbocycles. The number of fused-ring (bicyclic) bond motifs is 3. The first-order valence-corrected chi connectivity index (χ1v) is 10.7. The van der Waals surface area contributed by atoms with Gasteiger partial charge < -0.3 is 10.2 Å². The largest absolute Gasteiger partial charge is 0.378 e. The Labute approximate surface area is 175 Å². The number of carbonyl (C=O) groups excluding carboxylic acids is 1. The second-order valence-electron chi connectivity index (χ2n) is 8.48. The van der Waals surface area contributed by atoms with Gasteiger partial charge in [-0.1, -0.05) is 24.3 Å². The topological polar surface area (TPSA) is 75.5 Å². The summed E-state index contributed by atoms with van der Waals surface area (Å²) in [5, 5.41) is 14.8. The summed E-state index contributed by atoms with van der Waals surface area (Å²) in [5.41, 5.74) is 3.96. The van der Waals surface area contributed by atoms with Gasteiger partial charge in [0, 0.05) is 42.4 Å². The van der Waals surface area contributed by atoms with E-state index in [0.717, 1.165) is 54.7 Å². The van der Waals surface area contributed by atoms with Gasteiger partial charge in [-0.15, -0.1) is 0 Å². The maximum atomic E-state index is 13.0. The molecule has 30 heavy (non-hydrogen) atoms. The minimum Gasteiger partial charge on any atom is -0.378 e. The molecule has 1 saturated heterocycles. The summed E-state index contributed by atoms with van der Waals surface area (Å²) >= 11 is 0. The normalized spacial score (nSPS) is 24.7. The number of hydrogen-bond donors (Lipinski definition) is 1. The van der Waals surface area contributed by atoms with Crippen LogP contribution in [0, 0.1) is 16.0 Å². The van der Waals surface area contributed by atoms with Crippen LogP contribution in [0.3, 0.4) is 0 Å². The number of allylic oxidation sites excluding steroid dienone is 2. The molecule has 1 amide bonds. The van der Waals surface area contributed by atoms with E-state index < -0.39 is 0 Å². The Morgan fingerprint density at radius 2 is 1.93 bits per heavy atom. The van der Waals surface area contributed by atoms with Crippen molar-refractivity contribution in [1.82, 2.24) is 4.90 Å². The van der Waals surface area contributed by atoms with E-state index in [4.69, 9.17) is 0 Å². The molecule has 0 spiro atoms. The van der Waals surface area contributed by atoms with Crippen molar-refractivity contribution in [3.8, 4) is 0 Å². The van der Waals surface area contributed by atoms with Gasteiger partial charge in [0.15, 0.2) is 0 Å². The maximum Gasteiger partial charge on any atom is 0.269 e. The van der Waals surface area contributed by atoms with E-state index in [-0.39, 0.29) is 34.4 Å². The van der Waals surface area contributed by atoms with Crippen LogP contribution in [0.25, 0.3) is 0 Å². The van der Waals surface area contributed by atoms with Crippen molar-refractivity contribution in [3.05, 3.63) is 81.4 Å². The number of likely N-dealkylation sites (tertiary alicyclic amines) is 1. The van der Waals surface area contributed by atoms with Gasteiger partial charge in [0.05, 0.1) is 11.0 Å². The highest BCUT2D eigenvalue weighted by molar-refractivity contribution is 5.95. The summed E-state index contributed by atoms with van der Waals surface area (Å²) in [5.74, 6) is 0.608. The van der Waals surface area contributed by atoms with E-state index in [0.29, 0.717) is 0 Å². The summed E-state index contributed by atoms with van der Waals surface area (Å²) < 4.78 is 0. The highest BCUT2D eigenvalue weighted by Crippen LogP contribution is 2.50. The van der Waals surface area contributed by atoms with E-state index in [9.17, 15) is 14.9 Å². The van der Waals surface area contributed by atoms with Crippen LogP contribution >= 0.6 is 0 Å². The lowest BCUT2D eigenvalue weighted by Gasteiger charge is -2.38. The molecule has 6 heteroatoms. The summed E-state index contributed by atoms with van der Waals surface area (Å²) in [7, 11) is 0. The molecule has 0 aromatic heterocycles. The van der Waals surface area contributed by atoms with Crippen LogP contribution in [-0.2, 0) is 0 Å². The molecular formula is C24H25N3O3. The number of nitro benzene ring substituents is 1. The minimum atomic E-state index is -0.344. The Bertz CT molecular complexity index is 1030. The van der Waals surface area contributed by atoms with Crippen molar-refractivity contribution in [3.63, 3.8) is 0 Å². The molecule has 5 rings (SSSR count). The van der Waals surface area contributed by atoms with E-state index in [2.05, 4.69) is 23.5 Å². The lowest BCUT2D eigenvalue weighted by molar-refractivity contribution is -0.384. The average molecular weight is 403 g/mol. The first kappa shape index (κ1) is 18.9. The predicted molar refractivity (Wildman–Crippen MR) is 116 cm³/mol. The number of nitrogens with one attached hydrogen (secondary N) is 1. The summed E-state index contributed by atoms with van der Waals surface area (Å²) in [6.07, 6.45) is 8.69. The summed E-state index contributed by atoms with van der Waals surface area (Å²) in [4.78, 5) is 25.8. The molecule has 2 aromatic rings. The first-order valence-electron chi connectivity index (χ1n) is 10.7. The first-order chi connectivity index (χ1) is 14.6. The van der Waals surface area contributed by atoms with Crippen LogP contribution in [0.2, 0.25) is 0 Å². The van der Waals surface area contributed by atoms with Crippen LogP contribution in [0.5, 0.6) is 0 Å². The van der Waals surface area contributed by atoms with Gasteiger partial charge in [0.1, 0.15) is 0 Å². The second-order valence-corrected chi connectivity index (χ2v) is 8.48. The molecule has 2 aliphatic heterocycles. The molecule has 0 unspecified atom stereocenters. The molecular weight excluding hydrogens is 378 g/mol. The molecule has 6 nitrogen and oxygen atoms in total. The third-order valence-electron chi connectivity index (χ3n) is 6.69. The van der Waals surface area contributed by atoms with Crippen LogP contribution in [0.15, 0.2) is 54.6 Å². The summed E-state index contributed by atoms with van der Waals surface area (Å²) in [6, 6.07) is 12.9. The zero-order valence-electron chi connectivity index (χ0n) is 16.8. The lowest BCUT2D eigenvalue weighted by Crippen LogP contribution is -2.36. The van der Waals surface area contributed by atoms with Gasteiger partial charge in [-0.25, -0.2) is 0 Å². The van der Waals surface area contributed by atoms with E-state index in [1.807, 2.05) is 23.1 Å². The van der Waals surface area contributed by atoms with Crippen LogP contribution in [-0.4, -0.2) is 28.8 Å². The van der Waals surface area contributed by atoms with E-state index >= 15 is 0 Å². The van der Waals surface area contributed by atoms with Gasteiger partial charge in [-0.05, 0) is 60.9 Å². The third-order valence-corrected chi connectivity index (χ3v) is 6.69. The summed E-state index contributed by atoms with van der Waals surface area (Å²) in [6.45, 7) is 1.68. The highest BCUT2D eigenvalue weighted by Gasteiger charge is 2.38. The predicted octanol–water partition coefficient (Wildman–Crippen LogP) is 5.05. The van der Waals surface area contributed by atoms with Crippen molar-refractivity contribution in [2.45, 2.75) is 37.6 Å².